The molecular formula is C90H38F36. The summed E-state index contributed by atoms with van der Waals surface area (Å²) in [4.78, 5) is 0. The number of rotatable bonds is 5. The average molecular weight is 1800 g/mol. The van der Waals surface area contributed by atoms with Crippen molar-refractivity contribution < 1.29 is 158 Å². The third-order valence-corrected chi connectivity index (χ3v) is 25.4. The van der Waals surface area contributed by atoms with Crippen LogP contribution in [0, 0.1) is 0 Å². The van der Waals surface area contributed by atoms with Crippen molar-refractivity contribution in [1.82, 2.24) is 0 Å². The number of fused-ring (bicyclic) bond motifs is 18. The Morgan fingerprint density at radius 2 is 0.206 bits per heavy atom. The Morgan fingerprint density at radius 3 is 0.317 bits per heavy atom. The molecule has 0 spiro atoms. The summed E-state index contributed by atoms with van der Waals surface area (Å²) in [6.45, 7) is 0. The van der Waals surface area contributed by atoms with Gasteiger partial charge in [0.25, 0.3) is 0 Å². The first-order valence-corrected chi connectivity index (χ1v) is 36.6. The maximum Gasteiger partial charge on any atom is 0.411 e. The normalized spacial score (nSPS) is 17.3. The van der Waals surface area contributed by atoms with Crippen LogP contribution >= 0.6 is 0 Å². The molecule has 18 rings (SSSR count). The largest absolute Gasteiger partial charge is 0.411 e. The zero-order chi connectivity index (χ0) is 91.5. The molecule has 12 aromatic carbocycles. The number of hydrogen-bond acceptors (Lipinski definition) is 0. The Balaban J connectivity index is 0.716. The third kappa shape index (κ3) is 10.4. The molecule has 0 radical (unpaired) electrons. The van der Waals surface area contributed by atoms with Gasteiger partial charge in [-0.25, -0.2) is 0 Å². The highest BCUT2D eigenvalue weighted by molar-refractivity contribution is 5.95. The van der Waals surface area contributed by atoms with E-state index in [2.05, 4.69) is 0 Å². The first-order valence-electron chi connectivity index (χ1n) is 36.6. The second-order valence-electron chi connectivity index (χ2n) is 31.2. The molecule has 0 saturated heterocycles. The fourth-order valence-corrected chi connectivity index (χ4v) is 20.3. The van der Waals surface area contributed by atoms with E-state index in [1.54, 1.807) is 0 Å². The minimum Gasteiger partial charge on any atom is -0.169 e. The molecular weight excluding hydrogens is 1760 g/mol. The lowest BCUT2D eigenvalue weighted by Gasteiger charge is -2.37. The summed E-state index contributed by atoms with van der Waals surface area (Å²) in [6.07, 6.45) is -78.0. The summed E-state index contributed by atoms with van der Waals surface area (Å²) >= 11 is 0. The van der Waals surface area contributed by atoms with Gasteiger partial charge in [0.15, 0.2) is 0 Å². The van der Waals surface area contributed by atoms with E-state index < -0.39 is 296 Å². The highest BCUT2D eigenvalue weighted by Crippen LogP contribution is 2.73. The Hall–Kier alpha value is -11.9. The highest BCUT2D eigenvalue weighted by Gasteiger charge is 2.82. The Kier molecular flexibility index (Phi) is 17.2. The van der Waals surface area contributed by atoms with E-state index in [0.29, 0.717) is 97.1 Å². The van der Waals surface area contributed by atoms with Crippen molar-refractivity contribution in [3.8, 4) is 122 Å². The van der Waals surface area contributed by atoms with E-state index in [4.69, 9.17) is 0 Å². The topological polar surface area (TPSA) is 0 Å². The molecule has 0 aromatic heterocycles. The molecule has 0 atom stereocenters. The van der Waals surface area contributed by atoms with Crippen molar-refractivity contribution in [3.05, 3.63) is 297 Å². The van der Waals surface area contributed by atoms with Crippen molar-refractivity contribution >= 4 is 0 Å². The fourth-order valence-electron chi connectivity index (χ4n) is 20.3. The van der Waals surface area contributed by atoms with E-state index in [1.165, 1.54) is 0 Å². The molecule has 650 valence electrons. The number of alkyl halides is 36. The van der Waals surface area contributed by atoms with Gasteiger partial charge in [-0.15, -0.1) is 0 Å². The van der Waals surface area contributed by atoms with Gasteiger partial charge in [-0.2, -0.15) is 158 Å². The first-order chi connectivity index (χ1) is 58.1. The summed E-state index contributed by atoms with van der Waals surface area (Å²) < 4.78 is 571. The summed E-state index contributed by atoms with van der Waals surface area (Å²) in [7, 11) is 0. The number of hydrogen-bond donors (Lipinski definition) is 0. The molecule has 0 fully saturated rings. The third-order valence-electron chi connectivity index (χ3n) is 25.4. The van der Waals surface area contributed by atoms with Gasteiger partial charge >= 0.3 is 74.1 Å². The zero-order valence-corrected chi connectivity index (χ0v) is 61.5. The van der Waals surface area contributed by atoms with Gasteiger partial charge < -0.3 is 0 Å². The van der Waals surface area contributed by atoms with E-state index in [0.717, 1.165) is 72.8 Å². The quantitative estimate of drug-likeness (QED) is 0.151. The van der Waals surface area contributed by atoms with Gasteiger partial charge in [-0.1, -0.05) is 170 Å². The maximum atomic E-state index is 16.3. The fraction of sp³-hybridized carbons (Fsp3) is 0.200. The summed E-state index contributed by atoms with van der Waals surface area (Å²) in [5, 5.41) is 0. The Morgan fingerprint density at radius 1 is 0.111 bits per heavy atom. The van der Waals surface area contributed by atoms with Crippen molar-refractivity contribution in [2.75, 3.05) is 0 Å². The molecule has 0 nitrogen and oxygen atoms in total. The minimum atomic E-state index is -6.69. The van der Waals surface area contributed by atoms with Gasteiger partial charge in [0, 0.05) is 0 Å². The van der Waals surface area contributed by atoms with Crippen LogP contribution in [0.5, 0.6) is 0 Å². The van der Waals surface area contributed by atoms with E-state index in [-0.39, 0.29) is 60.7 Å². The SMILES string of the molecule is FC(F)(F)C1(C(F)(F)F)c2ccccc2-c2ccc(-c3ccc4c(c3)C(C(F)(F)F)(C(F)(F)F)c3cc(-c5ccc6c(c5)C(C(F)(F)F)(C(F)(F)F)c5cc(-c7ccc8c(c7)C(C(F)(F)F)(C(F)(F)F)c7cc(-c9ccc%10c(c9)C(C(F)(F)F)(C(F)(F)F)c9cc(-c%11ccc%12c(c%11)C(C(F)(F)F)(C(F)(F)F)c%11ccccc%11-%12)ccc9-%10)ccc7-8)ccc5-6)ccc3-4)cc21. The lowest BCUT2D eigenvalue weighted by atomic mass is 9.74. The summed E-state index contributed by atoms with van der Waals surface area (Å²) in [6, 6.07) is 21.0. The second kappa shape index (κ2) is 25.5. The van der Waals surface area contributed by atoms with Crippen LogP contribution < -0.4 is 0 Å². The van der Waals surface area contributed by atoms with Crippen LogP contribution in [0.3, 0.4) is 0 Å². The van der Waals surface area contributed by atoms with Crippen LogP contribution in [0.2, 0.25) is 0 Å². The Labute approximate surface area is 682 Å². The van der Waals surface area contributed by atoms with Gasteiger partial charge in [0.2, 0.25) is 32.5 Å². The number of benzene rings is 12. The first kappa shape index (κ1) is 84.9. The van der Waals surface area contributed by atoms with Crippen LogP contribution in [-0.4, -0.2) is 74.1 Å². The van der Waals surface area contributed by atoms with Gasteiger partial charge in [-0.05, 0) is 250 Å². The minimum absolute atomic E-state index is 0.0631. The van der Waals surface area contributed by atoms with Gasteiger partial charge in [0.1, 0.15) is 0 Å². The molecule has 0 aliphatic heterocycles. The number of halogens is 36. The van der Waals surface area contributed by atoms with Gasteiger partial charge in [-0.3, -0.25) is 0 Å². The predicted molar refractivity (Wildman–Crippen MR) is 384 cm³/mol. The average Bonchev–Trinajstić information content (AvgIpc) is 1.52. The van der Waals surface area contributed by atoms with Crippen LogP contribution in [0.4, 0.5) is 158 Å². The molecule has 6 aliphatic rings. The molecule has 0 heterocycles. The molecule has 0 amide bonds. The molecule has 6 aliphatic carbocycles. The van der Waals surface area contributed by atoms with Crippen molar-refractivity contribution in [3.63, 3.8) is 0 Å². The molecule has 0 bridgehead atoms. The molecule has 126 heavy (non-hydrogen) atoms. The van der Waals surface area contributed by atoms with Crippen molar-refractivity contribution in [2.24, 2.45) is 0 Å². The Bertz CT molecular complexity index is 6180. The standard InChI is InChI=1S/C90H38F36/c91-79(92,93)73(80(94,95)96)61-7-3-1-5-49(61)51-19-9-39(29-63(51)73)41-11-21-53-55-23-13-43(33-67(55)75(65(53)31-41,83(103,104)105)84(106,107)108)45-15-25-57-59-27-17-47(37-71(59)77(69(57)35-45,87(115,116)117)88(118,119)120)48-18-28-60-58-26-16-46(36-70(58)78(72(60)38-48,89(121,122)123)90(124,125)126)44-14-24-56-54-22-12-42(32-66(54)76(68(56)34-44,85(109,110)111)86(112,113)114)40-10-20-52-50-6-2-4-8-62(50)74(64(52)30-40,81(97,98)99)82(100,101)102/h1-38H. The highest BCUT2D eigenvalue weighted by atomic mass is 19.5. The maximum absolute atomic E-state index is 16.3. The van der Waals surface area contributed by atoms with Crippen molar-refractivity contribution in [1.29, 1.82) is 0 Å². The lowest BCUT2D eigenvalue weighted by molar-refractivity contribution is -0.288. The van der Waals surface area contributed by atoms with E-state index in [9.17, 15) is 0 Å². The van der Waals surface area contributed by atoms with Crippen molar-refractivity contribution in [2.45, 2.75) is 107 Å². The predicted octanol–water partition coefficient (Wildman–Crippen LogP) is 30.4. The van der Waals surface area contributed by atoms with Crippen LogP contribution in [-0.2, 0) is 32.5 Å². The van der Waals surface area contributed by atoms with Crippen LogP contribution in [0.15, 0.2) is 231 Å². The second-order valence-corrected chi connectivity index (χ2v) is 31.2. The smallest absolute Gasteiger partial charge is 0.169 e. The lowest BCUT2D eigenvalue weighted by Crippen LogP contribution is -2.53. The summed E-state index contributed by atoms with van der Waals surface area (Å²) in [5.74, 6) is 0. The van der Waals surface area contributed by atoms with Crippen LogP contribution in [0.1, 0.15) is 66.8 Å². The summed E-state index contributed by atoms with van der Waals surface area (Å²) in [5.41, 5.74) is -71.0. The molecule has 0 N–H and O–H groups in total. The molecule has 0 unspecified atom stereocenters. The molecule has 36 heteroatoms. The molecule has 12 aromatic rings. The van der Waals surface area contributed by atoms with E-state index >= 15 is 158 Å². The zero-order valence-electron chi connectivity index (χ0n) is 61.5. The monoisotopic (exact) mass is 1800 g/mol. The van der Waals surface area contributed by atoms with Gasteiger partial charge in [0.05, 0.1) is 0 Å². The van der Waals surface area contributed by atoms with Crippen LogP contribution in [0.25, 0.3) is 122 Å². The van der Waals surface area contributed by atoms with E-state index in [1.807, 2.05) is 0 Å². The molecule has 0 saturated carbocycles.